The number of pyridine rings is 1. The average Bonchev–Trinajstić information content (AvgIpc) is 2.84. The fourth-order valence-corrected chi connectivity index (χ4v) is 3.64. The van der Waals surface area contributed by atoms with E-state index in [4.69, 9.17) is 16.3 Å². The molecular weight excluding hydrogens is 410 g/mol. The van der Waals surface area contributed by atoms with Gasteiger partial charge in [-0.1, -0.05) is 29.7 Å². The lowest BCUT2D eigenvalue weighted by Crippen LogP contribution is -2.48. The number of benzene rings is 2. The third-order valence-corrected chi connectivity index (χ3v) is 5.52. The number of carbonyl (C=O) groups is 1. The third-order valence-electron chi connectivity index (χ3n) is 5.19. The van der Waals surface area contributed by atoms with Crippen LogP contribution in [0.15, 0.2) is 66.9 Å². The molecule has 3 aromatic rings. The molecule has 1 fully saturated rings. The van der Waals surface area contributed by atoms with Crippen LogP contribution in [0.4, 0.5) is 5.69 Å². The second-order valence-corrected chi connectivity index (χ2v) is 7.55. The third kappa shape index (κ3) is 4.99. The maximum absolute atomic E-state index is 13.1. The zero-order valence-electron chi connectivity index (χ0n) is 17.2. The van der Waals surface area contributed by atoms with Crippen LogP contribution in [0.2, 0.25) is 5.02 Å². The quantitative estimate of drug-likeness (QED) is 0.585. The molecule has 4 rings (SSSR count). The van der Waals surface area contributed by atoms with Gasteiger partial charge in [0.2, 0.25) is 0 Å². The van der Waals surface area contributed by atoms with Crippen molar-refractivity contribution in [3.05, 3.63) is 88.7 Å². The smallest absolute Gasteiger partial charge is 0.254 e. The number of halogens is 1. The molecule has 1 amide bonds. The van der Waals surface area contributed by atoms with Crippen molar-refractivity contribution in [1.29, 1.82) is 0 Å². The first-order valence-electron chi connectivity index (χ1n) is 10.0. The summed E-state index contributed by atoms with van der Waals surface area (Å²) in [7, 11) is 1.66. The molecule has 6 heteroatoms. The molecule has 0 saturated carbocycles. The first kappa shape index (κ1) is 20.8. The second kappa shape index (κ2) is 9.55. The Labute approximate surface area is 187 Å². The Hall–Kier alpha value is -3.49. The summed E-state index contributed by atoms with van der Waals surface area (Å²) in [6.07, 6.45) is 1.69. The highest BCUT2D eigenvalue weighted by molar-refractivity contribution is 6.31. The van der Waals surface area contributed by atoms with Gasteiger partial charge in [-0.2, -0.15) is 0 Å². The Bertz CT molecular complexity index is 1130. The number of anilines is 1. The maximum Gasteiger partial charge on any atom is 0.254 e. The molecule has 0 N–H and O–H groups in total. The average molecular weight is 432 g/mol. The molecule has 2 aromatic carbocycles. The second-order valence-electron chi connectivity index (χ2n) is 7.14. The normalized spacial score (nSPS) is 13.4. The maximum atomic E-state index is 13.1. The summed E-state index contributed by atoms with van der Waals surface area (Å²) >= 11 is 6.30. The predicted octanol–water partition coefficient (Wildman–Crippen LogP) is 4.11. The molecule has 2 heterocycles. The van der Waals surface area contributed by atoms with Crippen molar-refractivity contribution in [3.8, 4) is 17.6 Å². The van der Waals surface area contributed by atoms with Crippen LogP contribution in [0.25, 0.3) is 0 Å². The monoisotopic (exact) mass is 431 g/mol. The van der Waals surface area contributed by atoms with E-state index in [9.17, 15) is 4.79 Å². The molecule has 1 aliphatic rings. The van der Waals surface area contributed by atoms with Gasteiger partial charge in [0, 0.05) is 55.3 Å². The lowest BCUT2D eigenvalue weighted by Gasteiger charge is -2.36. The molecule has 0 bridgehead atoms. The number of hydrogen-bond acceptors (Lipinski definition) is 4. The SMILES string of the molecule is COc1cccc(N2CCN(C(=O)c3ccc(Cl)c(C#Cc4ccccn4)c3)CC2)c1. The molecule has 1 aliphatic heterocycles. The molecule has 31 heavy (non-hydrogen) atoms. The largest absolute Gasteiger partial charge is 0.497 e. The Morgan fingerprint density at radius 3 is 2.58 bits per heavy atom. The van der Waals surface area contributed by atoms with Crippen LogP contribution in [-0.2, 0) is 0 Å². The highest BCUT2D eigenvalue weighted by Gasteiger charge is 2.23. The van der Waals surface area contributed by atoms with Crippen LogP contribution >= 0.6 is 11.6 Å². The lowest BCUT2D eigenvalue weighted by molar-refractivity contribution is 0.0746. The Morgan fingerprint density at radius 2 is 1.84 bits per heavy atom. The van der Waals surface area contributed by atoms with E-state index in [-0.39, 0.29) is 5.91 Å². The topological polar surface area (TPSA) is 45.7 Å². The summed E-state index contributed by atoms with van der Waals surface area (Å²) in [4.78, 5) is 21.4. The molecule has 1 saturated heterocycles. The fourth-order valence-electron chi connectivity index (χ4n) is 3.48. The number of aromatic nitrogens is 1. The number of carbonyl (C=O) groups excluding carboxylic acids is 1. The van der Waals surface area contributed by atoms with Gasteiger partial charge in [-0.15, -0.1) is 0 Å². The molecule has 0 atom stereocenters. The first-order valence-corrected chi connectivity index (χ1v) is 10.4. The van der Waals surface area contributed by atoms with Crippen LogP contribution < -0.4 is 9.64 Å². The Morgan fingerprint density at radius 1 is 1.00 bits per heavy atom. The van der Waals surface area contributed by atoms with Crippen molar-refractivity contribution in [1.82, 2.24) is 9.88 Å². The number of rotatable bonds is 3. The van der Waals surface area contributed by atoms with Crippen LogP contribution in [0.3, 0.4) is 0 Å². The zero-order chi connectivity index (χ0) is 21.6. The van der Waals surface area contributed by atoms with Gasteiger partial charge < -0.3 is 14.5 Å². The number of hydrogen-bond donors (Lipinski definition) is 0. The predicted molar refractivity (Wildman–Crippen MR) is 123 cm³/mol. The van der Waals surface area contributed by atoms with Gasteiger partial charge in [-0.05, 0) is 48.4 Å². The summed E-state index contributed by atoms with van der Waals surface area (Å²) in [5.74, 6) is 6.84. The van der Waals surface area contributed by atoms with Crippen molar-refractivity contribution in [3.63, 3.8) is 0 Å². The van der Waals surface area contributed by atoms with E-state index >= 15 is 0 Å². The van der Waals surface area contributed by atoms with Crippen LogP contribution in [0, 0.1) is 11.8 Å². The van der Waals surface area contributed by atoms with E-state index in [2.05, 4.69) is 27.8 Å². The molecule has 1 aromatic heterocycles. The summed E-state index contributed by atoms with van der Waals surface area (Å²) in [5.41, 5.74) is 2.96. The van der Waals surface area contributed by atoms with E-state index in [0.29, 0.717) is 34.9 Å². The molecule has 0 radical (unpaired) electrons. The molecular formula is C25H22ClN3O2. The molecule has 0 unspecified atom stereocenters. The minimum atomic E-state index is -0.0113. The van der Waals surface area contributed by atoms with E-state index in [1.165, 1.54) is 0 Å². The van der Waals surface area contributed by atoms with Crippen LogP contribution in [0.1, 0.15) is 21.6 Å². The molecule has 156 valence electrons. The highest BCUT2D eigenvalue weighted by Crippen LogP contribution is 2.23. The fraction of sp³-hybridized carbons (Fsp3) is 0.200. The summed E-state index contributed by atoms with van der Waals surface area (Å²) in [6, 6.07) is 18.8. The van der Waals surface area contributed by atoms with Crippen molar-refractivity contribution >= 4 is 23.2 Å². The number of piperazine rings is 1. The van der Waals surface area contributed by atoms with E-state index in [1.807, 2.05) is 41.3 Å². The standard InChI is InChI=1S/C25H22ClN3O2/c1-31-23-7-4-6-22(18-23)28-13-15-29(16-14-28)25(30)20-9-11-24(26)19(17-20)8-10-21-5-2-3-12-27-21/h2-7,9,11-12,17-18H,13-16H2,1H3. The number of methoxy groups -OCH3 is 1. The van der Waals surface area contributed by atoms with Gasteiger partial charge in [0.15, 0.2) is 0 Å². The minimum absolute atomic E-state index is 0.0113. The summed E-state index contributed by atoms with van der Waals surface area (Å²) in [5, 5.41) is 0.517. The molecule has 5 nitrogen and oxygen atoms in total. The zero-order valence-corrected chi connectivity index (χ0v) is 18.0. The van der Waals surface area contributed by atoms with Crippen molar-refractivity contribution in [2.45, 2.75) is 0 Å². The van der Waals surface area contributed by atoms with Crippen molar-refractivity contribution in [2.24, 2.45) is 0 Å². The highest BCUT2D eigenvalue weighted by atomic mass is 35.5. The van der Waals surface area contributed by atoms with E-state index in [0.717, 1.165) is 24.5 Å². The molecule has 0 spiro atoms. The lowest BCUT2D eigenvalue weighted by atomic mass is 10.1. The molecule has 0 aliphatic carbocycles. The van der Waals surface area contributed by atoms with E-state index < -0.39 is 0 Å². The number of nitrogens with zero attached hydrogens (tertiary/aromatic N) is 3. The van der Waals surface area contributed by atoms with E-state index in [1.54, 1.807) is 31.5 Å². The van der Waals surface area contributed by atoms with Gasteiger partial charge >= 0.3 is 0 Å². The van der Waals surface area contributed by atoms with Crippen LogP contribution in [0.5, 0.6) is 5.75 Å². The minimum Gasteiger partial charge on any atom is -0.497 e. The van der Waals surface area contributed by atoms with Crippen molar-refractivity contribution < 1.29 is 9.53 Å². The number of ether oxygens (including phenoxy) is 1. The summed E-state index contributed by atoms with van der Waals surface area (Å²) < 4.78 is 5.31. The van der Waals surface area contributed by atoms with Gasteiger partial charge in [0.05, 0.1) is 12.1 Å². The van der Waals surface area contributed by atoms with Crippen LogP contribution in [-0.4, -0.2) is 49.1 Å². The van der Waals surface area contributed by atoms with Gasteiger partial charge in [-0.3, -0.25) is 4.79 Å². The first-order chi connectivity index (χ1) is 15.1. The van der Waals surface area contributed by atoms with Gasteiger partial charge in [0.1, 0.15) is 11.4 Å². The Balaban J connectivity index is 1.45. The summed E-state index contributed by atoms with van der Waals surface area (Å²) in [6.45, 7) is 2.82. The number of amides is 1. The van der Waals surface area contributed by atoms with Gasteiger partial charge in [0.25, 0.3) is 5.91 Å². The van der Waals surface area contributed by atoms with Gasteiger partial charge in [-0.25, -0.2) is 4.98 Å². The van der Waals surface area contributed by atoms with Crippen molar-refractivity contribution in [2.75, 3.05) is 38.2 Å². The Kier molecular flexibility index (Phi) is 6.40.